The molecule has 0 aliphatic heterocycles. The summed E-state index contributed by atoms with van der Waals surface area (Å²) in [5.41, 5.74) is 6.89. The van der Waals surface area contributed by atoms with E-state index in [4.69, 9.17) is 10.5 Å². The van der Waals surface area contributed by atoms with Crippen molar-refractivity contribution in [3.63, 3.8) is 0 Å². The molecule has 1 aliphatic carbocycles. The molecule has 1 aromatic heterocycles. The molecule has 1 aromatic carbocycles. The minimum absolute atomic E-state index is 0.206. The summed E-state index contributed by atoms with van der Waals surface area (Å²) in [6.45, 7) is 1.97. The van der Waals surface area contributed by atoms with Crippen molar-refractivity contribution in [3.8, 4) is 0 Å². The zero-order valence-corrected chi connectivity index (χ0v) is 16.5. The van der Waals surface area contributed by atoms with Crippen LogP contribution in [0.1, 0.15) is 37.7 Å². The summed E-state index contributed by atoms with van der Waals surface area (Å²) >= 11 is 0. The fourth-order valence-electron chi connectivity index (χ4n) is 4.01. The predicted molar refractivity (Wildman–Crippen MR) is 112 cm³/mol. The molecule has 1 aliphatic rings. The normalized spacial score (nSPS) is 14.9. The molecule has 152 valence electrons. The first kappa shape index (κ1) is 20.2. The lowest BCUT2D eigenvalue weighted by molar-refractivity contribution is 0.186. The van der Waals surface area contributed by atoms with Gasteiger partial charge < -0.3 is 15.4 Å². The Hall–Kier alpha value is -2.54. The number of aromatic amines is 1. The summed E-state index contributed by atoms with van der Waals surface area (Å²) in [4.78, 5) is 29.5. The van der Waals surface area contributed by atoms with E-state index in [1.54, 1.807) is 7.11 Å². The number of nitrogens with one attached hydrogen (secondary N) is 1. The minimum Gasteiger partial charge on any atom is -0.383 e. The molecular formula is C21H30N4O3. The zero-order chi connectivity index (χ0) is 19.9. The maximum Gasteiger partial charge on any atom is 0.330 e. The highest BCUT2D eigenvalue weighted by atomic mass is 16.5. The Morgan fingerprint density at radius 2 is 1.89 bits per heavy atom. The van der Waals surface area contributed by atoms with E-state index < -0.39 is 11.2 Å². The molecule has 3 rings (SSSR count). The maximum absolute atomic E-state index is 12.7. The van der Waals surface area contributed by atoms with Gasteiger partial charge in [0, 0.05) is 20.2 Å². The van der Waals surface area contributed by atoms with Gasteiger partial charge >= 0.3 is 5.69 Å². The first-order valence-electron chi connectivity index (χ1n) is 10.0. The fourth-order valence-corrected chi connectivity index (χ4v) is 4.01. The van der Waals surface area contributed by atoms with Gasteiger partial charge in [-0.3, -0.25) is 14.3 Å². The number of H-pyrrole nitrogens is 1. The molecule has 7 nitrogen and oxygen atoms in total. The van der Waals surface area contributed by atoms with Crippen molar-refractivity contribution in [3.05, 3.63) is 56.7 Å². The van der Waals surface area contributed by atoms with E-state index in [0.29, 0.717) is 31.3 Å². The molecule has 0 atom stereocenters. The largest absolute Gasteiger partial charge is 0.383 e. The molecule has 3 N–H and O–H groups in total. The van der Waals surface area contributed by atoms with E-state index in [-0.39, 0.29) is 5.82 Å². The van der Waals surface area contributed by atoms with Crippen molar-refractivity contribution < 1.29 is 4.74 Å². The van der Waals surface area contributed by atoms with E-state index in [2.05, 4.69) is 4.98 Å². The summed E-state index contributed by atoms with van der Waals surface area (Å²) in [7, 11) is 1.57. The summed E-state index contributed by atoms with van der Waals surface area (Å²) in [6.07, 6.45) is 6.05. The van der Waals surface area contributed by atoms with Crippen LogP contribution in [0.4, 0.5) is 11.5 Å². The molecular weight excluding hydrogens is 356 g/mol. The Bertz CT molecular complexity index is 869. The molecule has 1 heterocycles. The van der Waals surface area contributed by atoms with Gasteiger partial charge in [-0.25, -0.2) is 4.79 Å². The Labute approximate surface area is 165 Å². The van der Waals surface area contributed by atoms with Gasteiger partial charge in [0.25, 0.3) is 5.56 Å². The monoisotopic (exact) mass is 386 g/mol. The predicted octanol–water partition coefficient (Wildman–Crippen LogP) is 2.35. The second kappa shape index (κ2) is 9.59. The third kappa shape index (κ3) is 4.84. The van der Waals surface area contributed by atoms with Crippen molar-refractivity contribution in [2.24, 2.45) is 5.92 Å². The van der Waals surface area contributed by atoms with Crippen LogP contribution in [0.3, 0.4) is 0 Å². The van der Waals surface area contributed by atoms with Gasteiger partial charge in [-0.1, -0.05) is 49.6 Å². The van der Waals surface area contributed by atoms with Crippen LogP contribution in [-0.4, -0.2) is 29.8 Å². The van der Waals surface area contributed by atoms with Crippen LogP contribution in [0.15, 0.2) is 39.9 Å². The first-order chi connectivity index (χ1) is 13.6. The number of aromatic nitrogens is 2. The number of methoxy groups -OCH3 is 1. The summed E-state index contributed by atoms with van der Waals surface area (Å²) in [6, 6.07) is 10.0. The lowest BCUT2D eigenvalue weighted by Crippen LogP contribution is -2.40. The van der Waals surface area contributed by atoms with Crippen LogP contribution in [0.5, 0.6) is 0 Å². The van der Waals surface area contributed by atoms with Crippen LogP contribution >= 0.6 is 0 Å². The molecule has 7 heteroatoms. The van der Waals surface area contributed by atoms with Crippen molar-refractivity contribution in [1.82, 2.24) is 9.55 Å². The number of hydrogen-bond donors (Lipinski definition) is 2. The van der Waals surface area contributed by atoms with Crippen molar-refractivity contribution >= 4 is 11.5 Å². The standard InChI is InChI=1S/C21H30N4O3/c1-28-13-12-25-19(22)18(20(26)23-21(25)27)24(14-16-8-4-2-5-9-16)15-17-10-6-3-7-11-17/h2,4-5,8-9,17H,3,6-7,10-15,22H2,1H3,(H,23,26,27). The Balaban J connectivity index is 1.98. The minimum atomic E-state index is -0.499. The number of benzene rings is 1. The number of hydrogen-bond acceptors (Lipinski definition) is 5. The Morgan fingerprint density at radius 3 is 2.57 bits per heavy atom. The molecule has 0 unspecified atom stereocenters. The van der Waals surface area contributed by atoms with Gasteiger partial charge in [0.1, 0.15) is 11.5 Å². The summed E-state index contributed by atoms with van der Waals surface area (Å²) in [5, 5.41) is 0. The van der Waals surface area contributed by atoms with Gasteiger partial charge in [0.2, 0.25) is 0 Å². The van der Waals surface area contributed by atoms with Gasteiger partial charge in [0.15, 0.2) is 0 Å². The third-order valence-corrected chi connectivity index (χ3v) is 5.47. The molecule has 28 heavy (non-hydrogen) atoms. The number of ether oxygens (including phenoxy) is 1. The number of nitrogens with two attached hydrogens (primary N) is 1. The van der Waals surface area contributed by atoms with Crippen LogP contribution in [0.2, 0.25) is 0 Å². The number of nitrogen functional groups attached to an aromatic ring is 1. The van der Waals surface area contributed by atoms with E-state index >= 15 is 0 Å². The highest BCUT2D eigenvalue weighted by Gasteiger charge is 2.23. The second-order valence-electron chi connectivity index (χ2n) is 7.51. The smallest absolute Gasteiger partial charge is 0.330 e. The van der Waals surface area contributed by atoms with Gasteiger partial charge in [0.05, 0.1) is 13.2 Å². The fraction of sp³-hybridized carbons (Fsp3) is 0.524. The summed E-state index contributed by atoms with van der Waals surface area (Å²) < 4.78 is 6.47. The average Bonchev–Trinajstić information content (AvgIpc) is 2.69. The number of anilines is 2. The van der Waals surface area contributed by atoms with Crippen LogP contribution < -0.4 is 21.9 Å². The quantitative estimate of drug-likeness (QED) is 0.726. The van der Waals surface area contributed by atoms with Gasteiger partial charge in [-0.05, 0) is 24.3 Å². The van der Waals surface area contributed by atoms with Gasteiger partial charge in [-0.2, -0.15) is 0 Å². The molecule has 0 radical (unpaired) electrons. The number of nitrogens with zero attached hydrogens (tertiary/aromatic N) is 2. The average molecular weight is 386 g/mol. The highest BCUT2D eigenvalue weighted by molar-refractivity contribution is 5.62. The molecule has 1 saturated carbocycles. The van der Waals surface area contributed by atoms with Crippen molar-refractivity contribution in [2.75, 3.05) is 30.9 Å². The molecule has 0 bridgehead atoms. The summed E-state index contributed by atoms with van der Waals surface area (Å²) in [5.74, 6) is 0.730. The molecule has 0 spiro atoms. The molecule has 0 saturated heterocycles. The second-order valence-corrected chi connectivity index (χ2v) is 7.51. The SMILES string of the molecule is COCCn1c(N)c(N(Cc2ccccc2)CC2CCCCC2)c(=O)[nH]c1=O. The van der Waals surface area contributed by atoms with Crippen LogP contribution in [0.25, 0.3) is 0 Å². The first-order valence-corrected chi connectivity index (χ1v) is 10.0. The van der Waals surface area contributed by atoms with E-state index in [1.807, 2.05) is 35.2 Å². The Morgan fingerprint density at radius 1 is 1.18 bits per heavy atom. The van der Waals surface area contributed by atoms with Crippen LogP contribution in [-0.2, 0) is 17.8 Å². The number of rotatable bonds is 8. The Kier molecular flexibility index (Phi) is 6.92. The molecule has 0 amide bonds. The van der Waals surface area contributed by atoms with Crippen LogP contribution in [0, 0.1) is 5.92 Å². The highest BCUT2D eigenvalue weighted by Crippen LogP contribution is 2.28. The van der Waals surface area contributed by atoms with E-state index in [1.165, 1.54) is 23.8 Å². The lowest BCUT2D eigenvalue weighted by atomic mass is 9.88. The topological polar surface area (TPSA) is 93.3 Å². The van der Waals surface area contributed by atoms with E-state index in [0.717, 1.165) is 24.9 Å². The van der Waals surface area contributed by atoms with E-state index in [9.17, 15) is 9.59 Å². The zero-order valence-electron chi connectivity index (χ0n) is 16.5. The van der Waals surface area contributed by atoms with Crippen molar-refractivity contribution in [2.45, 2.75) is 45.2 Å². The van der Waals surface area contributed by atoms with Crippen molar-refractivity contribution in [1.29, 1.82) is 0 Å². The van der Waals surface area contributed by atoms with Gasteiger partial charge in [-0.15, -0.1) is 0 Å². The third-order valence-electron chi connectivity index (χ3n) is 5.47. The molecule has 1 fully saturated rings. The maximum atomic E-state index is 12.7. The lowest BCUT2D eigenvalue weighted by Gasteiger charge is -2.32. The molecule has 2 aromatic rings.